The average Bonchev–Trinajstić information content (AvgIpc) is 3.36. The van der Waals surface area contributed by atoms with E-state index in [-0.39, 0.29) is 23.4 Å². The number of imidazole rings is 1. The number of anilines is 1. The average molecular weight is 491 g/mol. The first-order chi connectivity index (χ1) is 17.0. The minimum atomic E-state index is -0.315. The lowest BCUT2D eigenvalue weighted by molar-refractivity contribution is -0.113. The van der Waals surface area contributed by atoms with Gasteiger partial charge < -0.3 is 15.4 Å². The summed E-state index contributed by atoms with van der Waals surface area (Å²) in [5.41, 5.74) is 2.73. The van der Waals surface area contributed by atoms with Crippen molar-refractivity contribution in [3.8, 4) is 11.4 Å². The van der Waals surface area contributed by atoms with Crippen molar-refractivity contribution in [1.29, 1.82) is 0 Å². The fraction of sp³-hybridized carbons (Fsp3) is 0.115. The normalized spacial score (nSPS) is 10.6. The van der Waals surface area contributed by atoms with E-state index in [2.05, 4.69) is 15.6 Å². The highest BCUT2D eigenvalue weighted by atomic mass is 32.2. The Balaban J connectivity index is 1.34. The van der Waals surface area contributed by atoms with Crippen LogP contribution in [-0.4, -0.2) is 34.2 Å². The van der Waals surface area contributed by atoms with Crippen LogP contribution in [0.5, 0.6) is 5.75 Å². The van der Waals surface area contributed by atoms with Crippen molar-refractivity contribution in [3.05, 3.63) is 102 Å². The third-order valence-corrected chi connectivity index (χ3v) is 6.06. The lowest BCUT2D eigenvalue weighted by Crippen LogP contribution is -2.22. The van der Waals surface area contributed by atoms with Gasteiger partial charge in [-0.1, -0.05) is 36.0 Å². The molecule has 1 aromatic heterocycles. The molecular weight excluding hydrogens is 467 g/mol. The second-order valence-electron chi connectivity index (χ2n) is 7.47. The number of nitrogens with one attached hydrogen (secondary N) is 2. The predicted molar refractivity (Wildman–Crippen MR) is 133 cm³/mol. The smallest absolute Gasteiger partial charge is 0.251 e. The summed E-state index contributed by atoms with van der Waals surface area (Å²) >= 11 is 1.30. The molecule has 0 bridgehead atoms. The number of halogens is 1. The second kappa shape index (κ2) is 11.3. The highest BCUT2D eigenvalue weighted by Crippen LogP contribution is 2.25. The van der Waals surface area contributed by atoms with Gasteiger partial charge in [-0.2, -0.15) is 0 Å². The summed E-state index contributed by atoms with van der Waals surface area (Å²) in [5.74, 6) is 0.0362. The van der Waals surface area contributed by atoms with Gasteiger partial charge in [-0.3, -0.25) is 14.2 Å². The second-order valence-corrected chi connectivity index (χ2v) is 8.42. The Kier molecular flexibility index (Phi) is 7.79. The Hall–Kier alpha value is -4.11. The van der Waals surface area contributed by atoms with Gasteiger partial charge in [0.25, 0.3) is 5.91 Å². The van der Waals surface area contributed by atoms with Crippen molar-refractivity contribution < 1.29 is 18.7 Å². The number of methoxy groups -OCH3 is 1. The van der Waals surface area contributed by atoms with Crippen molar-refractivity contribution in [2.75, 3.05) is 18.2 Å². The Morgan fingerprint density at radius 1 is 1.03 bits per heavy atom. The van der Waals surface area contributed by atoms with E-state index in [0.29, 0.717) is 28.7 Å². The van der Waals surface area contributed by atoms with Crippen LogP contribution < -0.4 is 15.4 Å². The molecule has 7 nitrogen and oxygen atoms in total. The van der Waals surface area contributed by atoms with E-state index in [1.54, 1.807) is 55.9 Å². The number of amides is 2. The van der Waals surface area contributed by atoms with E-state index in [0.717, 1.165) is 11.3 Å². The van der Waals surface area contributed by atoms with Crippen LogP contribution in [0.15, 0.2) is 90.3 Å². The molecule has 0 saturated carbocycles. The van der Waals surface area contributed by atoms with E-state index in [9.17, 15) is 14.0 Å². The third kappa shape index (κ3) is 6.27. The van der Waals surface area contributed by atoms with Gasteiger partial charge in [0.15, 0.2) is 5.16 Å². The molecule has 2 N–H and O–H groups in total. The molecule has 0 aliphatic rings. The standard InChI is InChI=1S/C26H23FN4O3S/c1-34-23-5-3-2-4-22(23)30-24(32)17-35-26-28-14-15-31(26)21-12-8-19(9-13-21)25(33)29-16-18-6-10-20(27)11-7-18/h2-15H,16-17H2,1H3,(H,29,33)(H,30,32). The lowest BCUT2D eigenvalue weighted by Gasteiger charge is -2.11. The zero-order valence-corrected chi connectivity index (χ0v) is 19.7. The van der Waals surface area contributed by atoms with E-state index < -0.39 is 0 Å². The number of ether oxygens (including phenoxy) is 1. The zero-order chi connectivity index (χ0) is 24.6. The van der Waals surface area contributed by atoms with Crippen molar-refractivity contribution in [2.45, 2.75) is 11.7 Å². The molecule has 9 heteroatoms. The number of benzene rings is 3. The van der Waals surface area contributed by atoms with Gasteiger partial charge in [-0.25, -0.2) is 9.37 Å². The molecule has 2 amide bonds. The van der Waals surface area contributed by atoms with Gasteiger partial charge in [0.1, 0.15) is 11.6 Å². The lowest BCUT2D eigenvalue weighted by atomic mass is 10.1. The maximum atomic E-state index is 13.0. The number of para-hydroxylation sites is 2. The predicted octanol–water partition coefficient (Wildman–Crippen LogP) is 4.68. The molecule has 35 heavy (non-hydrogen) atoms. The van der Waals surface area contributed by atoms with Gasteiger partial charge in [0, 0.05) is 30.2 Å². The SMILES string of the molecule is COc1ccccc1NC(=O)CSc1nccn1-c1ccc(C(=O)NCc2ccc(F)cc2)cc1. The molecule has 4 rings (SSSR count). The van der Waals surface area contributed by atoms with Gasteiger partial charge in [-0.15, -0.1) is 0 Å². The Morgan fingerprint density at radius 3 is 2.51 bits per heavy atom. The van der Waals surface area contributed by atoms with Crippen LogP contribution in [-0.2, 0) is 11.3 Å². The van der Waals surface area contributed by atoms with Crippen LogP contribution in [0.25, 0.3) is 5.69 Å². The highest BCUT2D eigenvalue weighted by Gasteiger charge is 2.12. The van der Waals surface area contributed by atoms with Gasteiger partial charge in [0.05, 0.1) is 18.6 Å². The highest BCUT2D eigenvalue weighted by molar-refractivity contribution is 7.99. The van der Waals surface area contributed by atoms with Crippen molar-refractivity contribution in [3.63, 3.8) is 0 Å². The molecule has 0 aliphatic carbocycles. The minimum Gasteiger partial charge on any atom is -0.495 e. The summed E-state index contributed by atoms with van der Waals surface area (Å²) < 4.78 is 20.1. The van der Waals surface area contributed by atoms with E-state index in [4.69, 9.17) is 4.74 Å². The third-order valence-electron chi connectivity index (χ3n) is 5.09. The maximum absolute atomic E-state index is 13.0. The Bertz CT molecular complexity index is 1310. The topological polar surface area (TPSA) is 85.2 Å². The number of rotatable bonds is 9. The van der Waals surface area contributed by atoms with Crippen LogP contribution in [0.2, 0.25) is 0 Å². The van der Waals surface area contributed by atoms with Crippen LogP contribution >= 0.6 is 11.8 Å². The molecule has 178 valence electrons. The number of hydrogen-bond donors (Lipinski definition) is 2. The molecule has 4 aromatic rings. The van der Waals surface area contributed by atoms with Gasteiger partial charge in [-0.05, 0) is 54.1 Å². The van der Waals surface area contributed by atoms with E-state index >= 15 is 0 Å². The molecule has 0 spiro atoms. The number of thioether (sulfide) groups is 1. The first kappa shape index (κ1) is 24.0. The summed E-state index contributed by atoms with van der Waals surface area (Å²) in [6, 6.07) is 20.3. The molecule has 0 unspecified atom stereocenters. The molecule has 3 aromatic carbocycles. The molecule has 0 atom stereocenters. The first-order valence-corrected chi connectivity index (χ1v) is 11.7. The van der Waals surface area contributed by atoms with E-state index in [1.165, 1.54) is 23.9 Å². The maximum Gasteiger partial charge on any atom is 0.251 e. The number of carbonyl (C=O) groups excluding carboxylic acids is 2. The molecule has 0 fully saturated rings. The van der Waals surface area contributed by atoms with Gasteiger partial charge >= 0.3 is 0 Å². The summed E-state index contributed by atoms with van der Waals surface area (Å²) in [6.45, 7) is 0.306. The fourth-order valence-electron chi connectivity index (χ4n) is 3.32. The summed E-state index contributed by atoms with van der Waals surface area (Å²) in [7, 11) is 1.55. The molecular formula is C26H23FN4O3S. The van der Waals surface area contributed by atoms with Crippen molar-refractivity contribution in [2.24, 2.45) is 0 Å². The summed E-state index contributed by atoms with van der Waals surface area (Å²) in [6.07, 6.45) is 3.45. The van der Waals surface area contributed by atoms with Crippen molar-refractivity contribution in [1.82, 2.24) is 14.9 Å². The largest absolute Gasteiger partial charge is 0.495 e. The summed E-state index contributed by atoms with van der Waals surface area (Å²) in [5, 5.41) is 6.31. The van der Waals surface area contributed by atoms with E-state index in [1.807, 2.05) is 28.8 Å². The van der Waals surface area contributed by atoms with Gasteiger partial charge in [0.2, 0.25) is 5.91 Å². The van der Waals surface area contributed by atoms with Crippen molar-refractivity contribution >= 4 is 29.3 Å². The number of carbonyl (C=O) groups is 2. The van der Waals surface area contributed by atoms with Crippen LogP contribution in [0.4, 0.5) is 10.1 Å². The summed E-state index contributed by atoms with van der Waals surface area (Å²) in [4.78, 5) is 29.2. The minimum absolute atomic E-state index is 0.166. The van der Waals surface area contributed by atoms with Crippen LogP contribution in [0.3, 0.4) is 0 Å². The number of nitrogens with zero attached hydrogens (tertiary/aromatic N) is 2. The monoisotopic (exact) mass is 490 g/mol. The van der Waals surface area contributed by atoms with Crippen LogP contribution in [0, 0.1) is 5.82 Å². The molecule has 0 radical (unpaired) electrons. The quantitative estimate of drug-likeness (QED) is 0.333. The molecule has 0 saturated heterocycles. The first-order valence-electron chi connectivity index (χ1n) is 10.8. The van der Waals surface area contributed by atoms with Crippen LogP contribution in [0.1, 0.15) is 15.9 Å². The number of hydrogen-bond acceptors (Lipinski definition) is 5. The number of aromatic nitrogens is 2. The molecule has 0 aliphatic heterocycles. The fourth-order valence-corrected chi connectivity index (χ4v) is 4.09. The Labute approximate surface area is 206 Å². The Morgan fingerprint density at radius 2 is 1.77 bits per heavy atom. The zero-order valence-electron chi connectivity index (χ0n) is 18.9. The molecule has 1 heterocycles.